The van der Waals surface area contributed by atoms with Crippen LogP contribution in [0.25, 0.3) is 0 Å². The second kappa shape index (κ2) is 6.76. The Balaban J connectivity index is 2.45. The van der Waals surface area contributed by atoms with Crippen LogP contribution < -0.4 is 10.1 Å². The molecular formula is C14H18N2O3. The number of nitriles is 1. The summed E-state index contributed by atoms with van der Waals surface area (Å²) in [5.74, 6) is 0.381. The molecule has 0 unspecified atom stereocenters. The molecule has 0 aliphatic rings. The molecule has 5 heteroatoms. The van der Waals surface area contributed by atoms with Gasteiger partial charge in [0, 0.05) is 5.69 Å². The number of hydrogen-bond donors (Lipinski definition) is 1. The summed E-state index contributed by atoms with van der Waals surface area (Å²) in [6.45, 7) is 5.69. The maximum absolute atomic E-state index is 11.6. The van der Waals surface area contributed by atoms with Crippen LogP contribution in [0.1, 0.15) is 20.8 Å². The summed E-state index contributed by atoms with van der Waals surface area (Å²) in [6.07, 6.45) is 0. The lowest BCUT2D eigenvalue weighted by molar-refractivity contribution is -0.125. The quantitative estimate of drug-likeness (QED) is 0.884. The number of carbonyl (C=O) groups excluding carboxylic acids is 1. The van der Waals surface area contributed by atoms with E-state index in [-0.39, 0.29) is 24.7 Å². The van der Waals surface area contributed by atoms with Gasteiger partial charge in [0.1, 0.15) is 18.4 Å². The van der Waals surface area contributed by atoms with Crippen LogP contribution >= 0.6 is 0 Å². The van der Waals surface area contributed by atoms with Crippen molar-refractivity contribution in [2.45, 2.75) is 26.4 Å². The van der Waals surface area contributed by atoms with Gasteiger partial charge in [-0.1, -0.05) is 0 Å². The van der Waals surface area contributed by atoms with Gasteiger partial charge in [-0.05, 0) is 45.0 Å². The first-order valence-corrected chi connectivity index (χ1v) is 5.94. The summed E-state index contributed by atoms with van der Waals surface area (Å²) >= 11 is 0. The molecular weight excluding hydrogens is 244 g/mol. The van der Waals surface area contributed by atoms with Crippen LogP contribution in [0.3, 0.4) is 0 Å². The van der Waals surface area contributed by atoms with Gasteiger partial charge >= 0.3 is 0 Å². The maximum atomic E-state index is 11.6. The number of ether oxygens (including phenoxy) is 2. The lowest BCUT2D eigenvalue weighted by atomic mass is 10.2. The summed E-state index contributed by atoms with van der Waals surface area (Å²) in [5, 5.41) is 11.1. The third-order valence-corrected chi connectivity index (χ3v) is 2.08. The third-order valence-electron chi connectivity index (χ3n) is 2.08. The molecule has 0 aliphatic heterocycles. The zero-order chi connectivity index (χ0) is 14.3. The van der Waals surface area contributed by atoms with Gasteiger partial charge in [0.05, 0.1) is 5.60 Å². The third kappa shape index (κ3) is 6.43. The number of nitrogens with zero attached hydrogens (tertiary/aromatic N) is 1. The molecule has 1 rings (SSSR count). The van der Waals surface area contributed by atoms with Gasteiger partial charge in [-0.25, -0.2) is 0 Å². The Labute approximate surface area is 113 Å². The molecule has 0 saturated carbocycles. The van der Waals surface area contributed by atoms with E-state index in [1.807, 2.05) is 26.8 Å². The van der Waals surface area contributed by atoms with Crippen molar-refractivity contribution in [1.29, 1.82) is 5.26 Å². The molecule has 0 bridgehead atoms. The first-order valence-electron chi connectivity index (χ1n) is 5.94. The Bertz CT molecular complexity index is 455. The lowest BCUT2D eigenvalue weighted by Crippen LogP contribution is -2.27. The monoisotopic (exact) mass is 262 g/mol. The van der Waals surface area contributed by atoms with E-state index in [0.29, 0.717) is 11.4 Å². The molecule has 102 valence electrons. The minimum atomic E-state index is -0.341. The number of hydrogen-bond acceptors (Lipinski definition) is 4. The normalized spacial score (nSPS) is 10.6. The highest BCUT2D eigenvalue weighted by Crippen LogP contribution is 2.15. The van der Waals surface area contributed by atoms with E-state index in [1.54, 1.807) is 24.3 Å². The first-order chi connectivity index (χ1) is 8.90. The molecule has 0 spiro atoms. The van der Waals surface area contributed by atoms with Crippen molar-refractivity contribution in [2.75, 3.05) is 18.5 Å². The minimum Gasteiger partial charge on any atom is -0.479 e. The van der Waals surface area contributed by atoms with Crippen LogP contribution in [0.15, 0.2) is 24.3 Å². The highest BCUT2D eigenvalue weighted by Gasteiger charge is 2.12. The van der Waals surface area contributed by atoms with Gasteiger partial charge < -0.3 is 14.8 Å². The molecule has 0 heterocycles. The Morgan fingerprint density at radius 3 is 2.47 bits per heavy atom. The molecule has 5 nitrogen and oxygen atoms in total. The van der Waals surface area contributed by atoms with Crippen molar-refractivity contribution in [3.8, 4) is 11.8 Å². The van der Waals surface area contributed by atoms with Crippen molar-refractivity contribution in [3.05, 3.63) is 24.3 Å². The number of anilines is 1. The van der Waals surface area contributed by atoms with Crippen molar-refractivity contribution >= 4 is 11.6 Å². The molecule has 0 atom stereocenters. The second-order valence-corrected chi connectivity index (χ2v) is 4.92. The van der Waals surface area contributed by atoms with Gasteiger partial charge in [-0.15, -0.1) is 0 Å². The van der Waals surface area contributed by atoms with E-state index >= 15 is 0 Å². The zero-order valence-corrected chi connectivity index (χ0v) is 11.4. The molecule has 1 N–H and O–H groups in total. The molecule has 0 radical (unpaired) electrons. The van der Waals surface area contributed by atoms with E-state index in [9.17, 15) is 4.79 Å². The number of rotatable bonds is 5. The van der Waals surface area contributed by atoms with Gasteiger partial charge in [0.25, 0.3) is 0 Å². The number of amides is 1. The van der Waals surface area contributed by atoms with E-state index in [0.717, 1.165) is 0 Å². The Hall–Kier alpha value is -2.06. The van der Waals surface area contributed by atoms with Crippen molar-refractivity contribution in [3.63, 3.8) is 0 Å². The molecule has 1 aromatic carbocycles. The molecule has 0 aromatic heterocycles. The lowest BCUT2D eigenvalue weighted by Gasteiger charge is -2.19. The van der Waals surface area contributed by atoms with Crippen molar-refractivity contribution in [1.82, 2.24) is 0 Å². The van der Waals surface area contributed by atoms with Crippen LogP contribution in [-0.4, -0.2) is 24.7 Å². The predicted molar refractivity (Wildman–Crippen MR) is 71.9 cm³/mol. The van der Waals surface area contributed by atoms with Gasteiger partial charge in [0.2, 0.25) is 5.91 Å². The number of nitrogens with one attached hydrogen (secondary N) is 1. The molecule has 1 aromatic rings. The van der Waals surface area contributed by atoms with Gasteiger partial charge in [0.15, 0.2) is 6.61 Å². The fraction of sp³-hybridized carbons (Fsp3) is 0.429. The topological polar surface area (TPSA) is 71.3 Å². The molecule has 0 saturated heterocycles. The highest BCUT2D eigenvalue weighted by atomic mass is 16.5. The highest BCUT2D eigenvalue weighted by molar-refractivity contribution is 5.91. The minimum absolute atomic E-state index is 0.00509. The van der Waals surface area contributed by atoms with Crippen LogP contribution in [-0.2, 0) is 9.53 Å². The zero-order valence-electron chi connectivity index (χ0n) is 11.4. The average Bonchev–Trinajstić information content (AvgIpc) is 2.35. The standard InChI is InChI=1S/C14H18N2O3/c1-14(2,3)19-10-13(17)16-11-4-6-12(7-5-11)18-9-8-15/h4-7H,9-10H2,1-3H3,(H,16,17). The van der Waals surface area contributed by atoms with Crippen LogP contribution in [0.4, 0.5) is 5.69 Å². The predicted octanol–water partition coefficient (Wildman–Crippen LogP) is 2.34. The van der Waals surface area contributed by atoms with Crippen LogP contribution in [0.2, 0.25) is 0 Å². The van der Waals surface area contributed by atoms with E-state index in [1.165, 1.54) is 0 Å². The van der Waals surface area contributed by atoms with Gasteiger partial charge in [-0.3, -0.25) is 4.79 Å². The summed E-state index contributed by atoms with van der Waals surface area (Å²) in [5.41, 5.74) is 0.318. The first kappa shape index (κ1) is 15.0. The Morgan fingerprint density at radius 2 is 1.95 bits per heavy atom. The fourth-order valence-electron chi connectivity index (χ4n) is 1.23. The molecule has 1 amide bonds. The summed E-state index contributed by atoms with van der Waals surface area (Å²) in [6, 6.07) is 8.69. The summed E-state index contributed by atoms with van der Waals surface area (Å²) in [4.78, 5) is 11.6. The fourth-order valence-corrected chi connectivity index (χ4v) is 1.23. The molecule has 19 heavy (non-hydrogen) atoms. The summed E-state index contributed by atoms with van der Waals surface area (Å²) < 4.78 is 10.5. The van der Waals surface area contributed by atoms with Crippen molar-refractivity contribution < 1.29 is 14.3 Å². The SMILES string of the molecule is CC(C)(C)OCC(=O)Nc1ccc(OCC#N)cc1. The van der Waals surface area contributed by atoms with E-state index in [4.69, 9.17) is 14.7 Å². The second-order valence-electron chi connectivity index (χ2n) is 4.92. The number of carbonyl (C=O) groups is 1. The average molecular weight is 262 g/mol. The van der Waals surface area contributed by atoms with Gasteiger partial charge in [-0.2, -0.15) is 5.26 Å². The largest absolute Gasteiger partial charge is 0.479 e. The summed E-state index contributed by atoms with van der Waals surface area (Å²) in [7, 11) is 0. The Kier molecular flexibility index (Phi) is 5.34. The number of benzene rings is 1. The molecule has 0 aliphatic carbocycles. The van der Waals surface area contributed by atoms with Crippen LogP contribution in [0.5, 0.6) is 5.75 Å². The maximum Gasteiger partial charge on any atom is 0.250 e. The van der Waals surface area contributed by atoms with E-state index < -0.39 is 0 Å². The molecule has 0 fully saturated rings. The van der Waals surface area contributed by atoms with Crippen LogP contribution in [0, 0.1) is 11.3 Å². The van der Waals surface area contributed by atoms with E-state index in [2.05, 4.69) is 5.32 Å². The van der Waals surface area contributed by atoms with Crippen molar-refractivity contribution in [2.24, 2.45) is 0 Å². The Morgan fingerprint density at radius 1 is 1.32 bits per heavy atom. The smallest absolute Gasteiger partial charge is 0.250 e.